The van der Waals surface area contributed by atoms with E-state index in [0.29, 0.717) is 17.5 Å². The number of hydrogen-bond acceptors (Lipinski definition) is 6. The Morgan fingerprint density at radius 2 is 2.00 bits per heavy atom. The van der Waals surface area contributed by atoms with Crippen LogP contribution in [0.2, 0.25) is 0 Å². The predicted molar refractivity (Wildman–Crippen MR) is 141 cm³/mol. The van der Waals surface area contributed by atoms with Gasteiger partial charge in [-0.15, -0.1) is 0 Å². The number of hydrogen-bond donors (Lipinski definition) is 1. The third-order valence-corrected chi connectivity index (χ3v) is 9.96. The Hall–Kier alpha value is -3.55. The summed E-state index contributed by atoms with van der Waals surface area (Å²) in [5.41, 5.74) is 4.82. The normalized spacial score (nSPS) is 27.3. The highest BCUT2D eigenvalue weighted by Gasteiger charge is 2.66. The van der Waals surface area contributed by atoms with E-state index >= 15 is 0 Å². The summed E-state index contributed by atoms with van der Waals surface area (Å²) in [4.78, 5) is 19.2. The van der Waals surface area contributed by atoms with E-state index in [1.807, 2.05) is 30.6 Å². The fraction of sp³-hybridized carbons (Fsp3) is 0.448. The van der Waals surface area contributed by atoms with Gasteiger partial charge < -0.3 is 9.80 Å². The molecule has 1 aromatic carbocycles. The second kappa shape index (κ2) is 7.49. The van der Waals surface area contributed by atoms with Crippen LogP contribution in [0.15, 0.2) is 48.8 Å². The van der Waals surface area contributed by atoms with Crippen molar-refractivity contribution in [1.29, 1.82) is 0 Å². The maximum Gasteiger partial charge on any atom is 0.183 e. The number of halogens is 1. The Bertz CT molecular complexity index is 1530. The van der Waals surface area contributed by atoms with Crippen molar-refractivity contribution in [2.24, 2.45) is 11.8 Å². The van der Waals surface area contributed by atoms with Crippen LogP contribution in [0.25, 0.3) is 11.2 Å². The summed E-state index contributed by atoms with van der Waals surface area (Å²) in [7, 11) is 0. The highest BCUT2D eigenvalue weighted by atomic mass is 19.1. The van der Waals surface area contributed by atoms with Gasteiger partial charge in [0.05, 0.1) is 17.6 Å². The van der Waals surface area contributed by atoms with Gasteiger partial charge in [-0.3, -0.25) is 10.1 Å². The number of piperidine rings is 1. The lowest BCUT2D eigenvalue weighted by atomic mass is 9.67. The van der Waals surface area contributed by atoms with E-state index < -0.39 is 0 Å². The Balaban J connectivity index is 1.09. The molecule has 4 aliphatic rings. The lowest BCUT2D eigenvalue weighted by molar-refractivity contribution is 0.260. The number of aromatic nitrogens is 5. The Morgan fingerprint density at radius 1 is 1.11 bits per heavy atom. The van der Waals surface area contributed by atoms with Crippen LogP contribution in [0.5, 0.6) is 0 Å². The van der Waals surface area contributed by atoms with Gasteiger partial charge in [-0.2, -0.15) is 5.10 Å². The molecule has 2 aliphatic heterocycles. The van der Waals surface area contributed by atoms with Gasteiger partial charge in [0.1, 0.15) is 11.6 Å². The molecule has 7 nitrogen and oxygen atoms in total. The smallest absolute Gasteiger partial charge is 0.183 e. The molecule has 0 unspecified atom stereocenters. The van der Waals surface area contributed by atoms with Crippen LogP contribution in [0, 0.1) is 17.7 Å². The molecule has 37 heavy (non-hydrogen) atoms. The molecule has 0 bridgehead atoms. The first-order valence-electron chi connectivity index (χ1n) is 13.6. The molecule has 0 radical (unpaired) electrons. The standard InChI is InChI=1S/C29H30FN7/c1-2-29(19-7-3-4-8-21(19)30)18-10-14-36(16-20(18)29)23-15-32-24-26(33-23)34-35-27(24)37-17-28(11-6-12-28)25-22(37)9-5-13-31-25/h3-5,7-9,13,15,18,20H,2,6,10-12,14,16-17H2,1H3,(H,33,34,35)/t18-,20+,29-/m1/s1. The van der Waals surface area contributed by atoms with Crippen molar-refractivity contribution in [3.63, 3.8) is 0 Å². The summed E-state index contributed by atoms with van der Waals surface area (Å²) in [6.07, 6.45) is 9.39. The second-order valence-electron chi connectivity index (χ2n) is 11.4. The maximum absolute atomic E-state index is 14.8. The zero-order chi connectivity index (χ0) is 24.8. The maximum atomic E-state index is 14.8. The number of nitrogens with one attached hydrogen (secondary N) is 1. The largest absolute Gasteiger partial charge is 0.355 e. The summed E-state index contributed by atoms with van der Waals surface area (Å²) in [5.74, 6) is 2.59. The minimum atomic E-state index is -0.0705. The fourth-order valence-corrected chi connectivity index (χ4v) is 7.93. The molecular formula is C29H30FN7. The quantitative estimate of drug-likeness (QED) is 0.416. The van der Waals surface area contributed by atoms with Gasteiger partial charge in [0.2, 0.25) is 0 Å². The Morgan fingerprint density at radius 3 is 2.81 bits per heavy atom. The van der Waals surface area contributed by atoms with Crippen molar-refractivity contribution >= 4 is 28.5 Å². The molecule has 4 aromatic rings. The average Bonchev–Trinajstić information content (AvgIpc) is 3.18. The second-order valence-corrected chi connectivity index (χ2v) is 11.4. The number of fused-ring (bicyclic) bond motifs is 4. The summed E-state index contributed by atoms with van der Waals surface area (Å²) >= 11 is 0. The molecule has 8 heteroatoms. The van der Waals surface area contributed by atoms with Crippen LogP contribution in [0.4, 0.5) is 21.7 Å². The molecule has 3 fully saturated rings. The molecule has 3 atom stereocenters. The highest BCUT2D eigenvalue weighted by molar-refractivity contribution is 5.88. The van der Waals surface area contributed by atoms with E-state index in [1.165, 1.54) is 25.0 Å². The lowest BCUT2D eigenvalue weighted by Crippen LogP contribution is -2.38. The van der Waals surface area contributed by atoms with Crippen molar-refractivity contribution in [2.45, 2.75) is 49.9 Å². The molecule has 1 spiro atoms. The zero-order valence-electron chi connectivity index (χ0n) is 21.0. The van der Waals surface area contributed by atoms with Crippen molar-refractivity contribution in [3.8, 4) is 0 Å². The molecule has 2 saturated carbocycles. The number of anilines is 3. The Labute approximate surface area is 215 Å². The lowest BCUT2D eigenvalue weighted by Gasteiger charge is -2.37. The topological polar surface area (TPSA) is 73.8 Å². The van der Waals surface area contributed by atoms with Gasteiger partial charge in [0.15, 0.2) is 17.0 Å². The number of benzene rings is 1. The van der Waals surface area contributed by atoms with Gasteiger partial charge in [0.25, 0.3) is 0 Å². The van der Waals surface area contributed by atoms with Crippen LogP contribution in [-0.2, 0) is 10.8 Å². The molecule has 2 aliphatic carbocycles. The van der Waals surface area contributed by atoms with Crippen molar-refractivity contribution in [3.05, 3.63) is 65.9 Å². The van der Waals surface area contributed by atoms with Crippen LogP contribution in [0.1, 0.15) is 50.3 Å². The SMILES string of the molecule is CC[C@]1(c2ccccc2F)[C@@H]2CCN(c3cnc4c(N5CC6(CCC6)c6ncccc65)n[nH]c4n3)C[C@@H]21. The van der Waals surface area contributed by atoms with Crippen LogP contribution >= 0.6 is 0 Å². The summed E-state index contributed by atoms with van der Waals surface area (Å²) in [6.45, 7) is 4.88. The molecule has 5 heterocycles. The molecular weight excluding hydrogens is 465 g/mol. The van der Waals surface area contributed by atoms with Crippen LogP contribution in [0.3, 0.4) is 0 Å². The van der Waals surface area contributed by atoms with Crippen LogP contribution < -0.4 is 9.80 Å². The first-order valence-corrected chi connectivity index (χ1v) is 13.6. The first-order chi connectivity index (χ1) is 18.1. The summed E-state index contributed by atoms with van der Waals surface area (Å²) in [5, 5.41) is 7.84. The summed E-state index contributed by atoms with van der Waals surface area (Å²) < 4.78 is 14.8. The molecule has 3 aromatic heterocycles. The third-order valence-electron chi connectivity index (χ3n) is 9.96. The van der Waals surface area contributed by atoms with E-state index in [2.05, 4.69) is 33.0 Å². The third kappa shape index (κ3) is 2.81. The van der Waals surface area contributed by atoms with Crippen molar-refractivity contribution in [1.82, 2.24) is 25.1 Å². The highest BCUT2D eigenvalue weighted by Crippen LogP contribution is 2.66. The van der Waals surface area contributed by atoms with Gasteiger partial charge >= 0.3 is 0 Å². The predicted octanol–water partition coefficient (Wildman–Crippen LogP) is 5.26. The molecule has 188 valence electrons. The molecule has 1 saturated heterocycles. The van der Waals surface area contributed by atoms with E-state index in [0.717, 1.165) is 60.9 Å². The molecule has 0 amide bonds. The van der Waals surface area contributed by atoms with E-state index in [9.17, 15) is 4.39 Å². The van der Waals surface area contributed by atoms with E-state index in [1.54, 1.807) is 12.1 Å². The fourth-order valence-electron chi connectivity index (χ4n) is 7.93. The number of rotatable bonds is 4. The summed E-state index contributed by atoms with van der Waals surface area (Å²) in [6, 6.07) is 11.5. The van der Waals surface area contributed by atoms with Gasteiger partial charge in [-0.25, -0.2) is 14.4 Å². The van der Waals surface area contributed by atoms with Crippen molar-refractivity contribution < 1.29 is 4.39 Å². The van der Waals surface area contributed by atoms with Gasteiger partial charge in [-0.05, 0) is 61.3 Å². The number of pyridine rings is 1. The Kier molecular flexibility index (Phi) is 4.36. The zero-order valence-corrected chi connectivity index (χ0v) is 21.0. The van der Waals surface area contributed by atoms with Gasteiger partial charge in [-0.1, -0.05) is 31.5 Å². The van der Waals surface area contributed by atoms with Gasteiger partial charge in [0, 0.05) is 36.7 Å². The van der Waals surface area contributed by atoms with Crippen LogP contribution in [-0.4, -0.2) is 44.8 Å². The minimum Gasteiger partial charge on any atom is -0.355 e. The van der Waals surface area contributed by atoms with E-state index in [4.69, 9.17) is 15.0 Å². The first kappa shape index (κ1) is 21.5. The molecule has 1 N–H and O–H groups in total. The number of aromatic amines is 1. The van der Waals surface area contributed by atoms with E-state index in [-0.39, 0.29) is 16.6 Å². The minimum absolute atomic E-state index is 0.0621. The average molecular weight is 496 g/mol. The number of nitrogens with zero attached hydrogens (tertiary/aromatic N) is 6. The number of H-pyrrole nitrogens is 1. The monoisotopic (exact) mass is 495 g/mol. The van der Waals surface area contributed by atoms with Crippen molar-refractivity contribution in [2.75, 3.05) is 29.4 Å². The molecule has 8 rings (SSSR count).